The number of anilines is 1. The fraction of sp³-hybridized carbons (Fsp3) is 0.429. The van der Waals surface area contributed by atoms with Crippen LogP contribution in [-0.4, -0.2) is 16.3 Å². The molecule has 11 heavy (non-hydrogen) atoms. The minimum atomic E-state index is 0.523. The normalized spacial score (nSPS) is 9.09. The van der Waals surface area contributed by atoms with Crippen molar-refractivity contribution in [2.45, 2.75) is 6.42 Å². The molecular formula is C7H10N4. The molecule has 1 rings (SSSR count). The van der Waals surface area contributed by atoms with Crippen LogP contribution in [0.5, 0.6) is 0 Å². The van der Waals surface area contributed by atoms with Gasteiger partial charge in [0.2, 0.25) is 0 Å². The Bertz CT molecular complexity index is 258. The van der Waals surface area contributed by atoms with Crippen molar-refractivity contribution in [1.82, 2.24) is 9.78 Å². The van der Waals surface area contributed by atoms with E-state index in [1.54, 1.807) is 10.9 Å². The predicted octanol–water partition coefficient (Wildman–Crippen LogP) is 0.746. The number of aryl methyl sites for hydroxylation is 1. The topological polar surface area (TPSA) is 53.6 Å². The van der Waals surface area contributed by atoms with Gasteiger partial charge in [0.1, 0.15) is 0 Å². The Morgan fingerprint density at radius 3 is 3.18 bits per heavy atom. The zero-order chi connectivity index (χ0) is 8.10. The summed E-state index contributed by atoms with van der Waals surface area (Å²) in [5.41, 5.74) is 0.961. The monoisotopic (exact) mass is 150 g/mol. The standard InChI is InChI=1S/C7H10N4/c1-11-6-7(5-10-11)9-4-2-3-8/h5-6,9H,2,4H2,1H3. The number of hydrogen-bond donors (Lipinski definition) is 1. The Morgan fingerprint density at radius 1 is 1.82 bits per heavy atom. The summed E-state index contributed by atoms with van der Waals surface area (Å²) in [4.78, 5) is 0. The van der Waals surface area contributed by atoms with E-state index in [0.29, 0.717) is 13.0 Å². The fourth-order valence-corrected chi connectivity index (χ4v) is 0.775. The van der Waals surface area contributed by atoms with Crippen LogP contribution in [0.25, 0.3) is 0 Å². The van der Waals surface area contributed by atoms with Crippen LogP contribution in [0.15, 0.2) is 12.4 Å². The molecule has 0 atom stereocenters. The van der Waals surface area contributed by atoms with Crippen LogP contribution in [0.3, 0.4) is 0 Å². The van der Waals surface area contributed by atoms with E-state index in [0.717, 1.165) is 5.69 Å². The molecule has 0 unspecified atom stereocenters. The van der Waals surface area contributed by atoms with Gasteiger partial charge in [-0.3, -0.25) is 4.68 Å². The van der Waals surface area contributed by atoms with Gasteiger partial charge in [-0.1, -0.05) is 0 Å². The van der Waals surface area contributed by atoms with Crippen LogP contribution < -0.4 is 5.32 Å². The highest BCUT2D eigenvalue weighted by Crippen LogP contribution is 2.02. The molecule has 1 aromatic rings. The molecule has 1 N–H and O–H groups in total. The molecular weight excluding hydrogens is 140 g/mol. The maximum absolute atomic E-state index is 8.24. The number of nitriles is 1. The Morgan fingerprint density at radius 2 is 2.64 bits per heavy atom. The molecule has 0 aliphatic heterocycles. The average molecular weight is 150 g/mol. The molecule has 1 aromatic heterocycles. The van der Waals surface area contributed by atoms with Crippen molar-refractivity contribution >= 4 is 5.69 Å². The smallest absolute Gasteiger partial charge is 0.0726 e. The zero-order valence-electron chi connectivity index (χ0n) is 6.41. The minimum Gasteiger partial charge on any atom is -0.381 e. The third-order valence-corrected chi connectivity index (χ3v) is 1.27. The molecule has 0 aliphatic rings. The van der Waals surface area contributed by atoms with E-state index in [-0.39, 0.29) is 0 Å². The summed E-state index contributed by atoms with van der Waals surface area (Å²) in [7, 11) is 1.86. The van der Waals surface area contributed by atoms with Gasteiger partial charge in [0, 0.05) is 19.8 Å². The van der Waals surface area contributed by atoms with Gasteiger partial charge in [-0.15, -0.1) is 0 Å². The van der Waals surface area contributed by atoms with Crippen molar-refractivity contribution in [3.8, 4) is 6.07 Å². The van der Waals surface area contributed by atoms with E-state index in [1.165, 1.54) is 0 Å². The predicted molar refractivity (Wildman–Crippen MR) is 41.9 cm³/mol. The van der Waals surface area contributed by atoms with E-state index in [1.807, 2.05) is 13.2 Å². The molecule has 0 fully saturated rings. The van der Waals surface area contributed by atoms with Crippen LogP contribution >= 0.6 is 0 Å². The van der Waals surface area contributed by atoms with Gasteiger partial charge in [-0.2, -0.15) is 10.4 Å². The van der Waals surface area contributed by atoms with Gasteiger partial charge in [0.25, 0.3) is 0 Å². The summed E-state index contributed by atoms with van der Waals surface area (Å²) in [5, 5.41) is 15.3. The van der Waals surface area contributed by atoms with Crippen LogP contribution in [-0.2, 0) is 7.05 Å². The second-order valence-corrected chi connectivity index (χ2v) is 2.24. The lowest BCUT2D eigenvalue weighted by Crippen LogP contribution is -1.98. The van der Waals surface area contributed by atoms with E-state index in [9.17, 15) is 0 Å². The van der Waals surface area contributed by atoms with Crippen LogP contribution in [0.4, 0.5) is 5.69 Å². The summed E-state index contributed by atoms with van der Waals surface area (Å²) in [5.74, 6) is 0. The van der Waals surface area contributed by atoms with E-state index in [2.05, 4.69) is 16.5 Å². The molecule has 4 heteroatoms. The first-order valence-electron chi connectivity index (χ1n) is 3.42. The summed E-state index contributed by atoms with van der Waals surface area (Å²) in [6.45, 7) is 0.683. The lowest BCUT2D eigenvalue weighted by molar-refractivity contribution is 0.768. The van der Waals surface area contributed by atoms with E-state index >= 15 is 0 Å². The quantitative estimate of drug-likeness (QED) is 0.647. The lowest BCUT2D eigenvalue weighted by Gasteiger charge is -1.96. The summed E-state index contributed by atoms with van der Waals surface area (Å²) in [6, 6.07) is 2.06. The highest BCUT2D eigenvalue weighted by molar-refractivity contribution is 5.37. The number of nitrogens with zero attached hydrogens (tertiary/aromatic N) is 3. The van der Waals surface area contributed by atoms with Gasteiger partial charge in [-0.25, -0.2) is 0 Å². The second-order valence-electron chi connectivity index (χ2n) is 2.24. The van der Waals surface area contributed by atoms with Gasteiger partial charge in [0.15, 0.2) is 0 Å². The largest absolute Gasteiger partial charge is 0.381 e. The third-order valence-electron chi connectivity index (χ3n) is 1.27. The summed E-state index contributed by atoms with van der Waals surface area (Å²) >= 11 is 0. The number of aromatic nitrogens is 2. The Balaban J connectivity index is 2.34. The molecule has 4 nitrogen and oxygen atoms in total. The molecule has 1 heterocycles. The van der Waals surface area contributed by atoms with Crippen molar-refractivity contribution in [3.63, 3.8) is 0 Å². The Kier molecular flexibility index (Phi) is 2.50. The van der Waals surface area contributed by atoms with E-state index < -0.39 is 0 Å². The van der Waals surface area contributed by atoms with Crippen molar-refractivity contribution in [2.24, 2.45) is 7.05 Å². The fourth-order valence-electron chi connectivity index (χ4n) is 0.775. The SMILES string of the molecule is Cn1cc(NCCC#N)cn1. The first-order chi connectivity index (χ1) is 5.33. The number of hydrogen-bond acceptors (Lipinski definition) is 3. The highest BCUT2D eigenvalue weighted by Gasteiger charge is 1.91. The Hall–Kier alpha value is -1.50. The van der Waals surface area contributed by atoms with Gasteiger partial charge in [-0.05, 0) is 0 Å². The van der Waals surface area contributed by atoms with Crippen molar-refractivity contribution in [1.29, 1.82) is 5.26 Å². The first-order valence-corrected chi connectivity index (χ1v) is 3.42. The molecule has 0 amide bonds. The maximum Gasteiger partial charge on any atom is 0.0726 e. The molecule has 0 bridgehead atoms. The van der Waals surface area contributed by atoms with Crippen LogP contribution in [0.1, 0.15) is 6.42 Å². The lowest BCUT2D eigenvalue weighted by atomic mass is 10.4. The van der Waals surface area contributed by atoms with Crippen LogP contribution in [0, 0.1) is 11.3 Å². The molecule has 0 saturated heterocycles. The maximum atomic E-state index is 8.24. The zero-order valence-corrected chi connectivity index (χ0v) is 6.41. The summed E-state index contributed by atoms with van der Waals surface area (Å²) < 4.78 is 1.72. The molecule has 58 valence electrons. The van der Waals surface area contributed by atoms with E-state index in [4.69, 9.17) is 5.26 Å². The molecule has 0 saturated carbocycles. The minimum absolute atomic E-state index is 0.523. The van der Waals surface area contributed by atoms with Crippen LogP contribution in [0.2, 0.25) is 0 Å². The van der Waals surface area contributed by atoms with Crippen molar-refractivity contribution in [2.75, 3.05) is 11.9 Å². The van der Waals surface area contributed by atoms with Gasteiger partial charge < -0.3 is 5.32 Å². The second kappa shape index (κ2) is 3.62. The first kappa shape index (κ1) is 7.61. The average Bonchev–Trinajstić information content (AvgIpc) is 2.37. The van der Waals surface area contributed by atoms with Crippen molar-refractivity contribution in [3.05, 3.63) is 12.4 Å². The summed E-state index contributed by atoms with van der Waals surface area (Å²) in [6.07, 6.45) is 4.13. The van der Waals surface area contributed by atoms with Gasteiger partial charge >= 0.3 is 0 Å². The molecule has 0 aliphatic carbocycles. The van der Waals surface area contributed by atoms with Crippen molar-refractivity contribution < 1.29 is 0 Å². The third kappa shape index (κ3) is 2.30. The number of nitrogens with one attached hydrogen (secondary N) is 1. The Labute approximate surface area is 65.4 Å². The number of rotatable bonds is 3. The molecule has 0 aromatic carbocycles. The highest BCUT2D eigenvalue weighted by atomic mass is 15.3. The molecule has 0 spiro atoms. The van der Waals surface area contributed by atoms with Gasteiger partial charge in [0.05, 0.1) is 24.4 Å². The molecule has 0 radical (unpaired) electrons.